The van der Waals surface area contributed by atoms with Crippen LogP contribution in [-0.4, -0.2) is 30.3 Å². The maximum absolute atomic E-state index is 12.5. The third-order valence-electron chi connectivity index (χ3n) is 3.35. The molecule has 1 aromatic rings. The lowest BCUT2D eigenvalue weighted by Gasteiger charge is -2.21. The quantitative estimate of drug-likeness (QED) is 0.528. The van der Waals surface area contributed by atoms with Gasteiger partial charge >= 0.3 is 0 Å². The van der Waals surface area contributed by atoms with Crippen molar-refractivity contribution in [2.45, 2.75) is 19.8 Å². The normalized spacial score (nSPS) is 18.7. The number of hydrogen-bond acceptors (Lipinski definition) is 5. The molecule has 0 saturated carbocycles. The number of pyridine rings is 1. The summed E-state index contributed by atoms with van der Waals surface area (Å²) in [6.07, 6.45) is 5.42. The fraction of sp³-hybridized carbons (Fsp3) is 0.333. The molecule has 6 heteroatoms. The van der Waals surface area contributed by atoms with Gasteiger partial charge in [0, 0.05) is 24.1 Å². The molecule has 1 atom stereocenters. The Labute approximate surface area is 128 Å². The van der Waals surface area contributed by atoms with Gasteiger partial charge in [-0.25, -0.2) is 9.98 Å². The van der Waals surface area contributed by atoms with E-state index >= 15 is 0 Å². The second kappa shape index (κ2) is 6.63. The first-order chi connectivity index (χ1) is 10.1. The van der Waals surface area contributed by atoms with Gasteiger partial charge in [0.05, 0.1) is 18.7 Å². The third-order valence-corrected chi connectivity index (χ3v) is 3.55. The van der Waals surface area contributed by atoms with Crippen LogP contribution in [0.2, 0.25) is 5.15 Å². The number of Topliss-reactive ketones (excluding diaryl/α,β-unsaturated/α-hetero) is 1. The van der Waals surface area contributed by atoms with Crippen molar-refractivity contribution in [3.05, 3.63) is 40.0 Å². The van der Waals surface area contributed by atoms with Crippen molar-refractivity contribution in [3.63, 3.8) is 0 Å². The molecule has 110 valence electrons. The Kier molecular flexibility index (Phi) is 4.85. The van der Waals surface area contributed by atoms with Crippen LogP contribution in [0.5, 0.6) is 0 Å². The maximum atomic E-state index is 12.5. The fourth-order valence-electron chi connectivity index (χ4n) is 2.36. The molecule has 1 aliphatic rings. The number of aromatic nitrogens is 1. The van der Waals surface area contributed by atoms with E-state index in [4.69, 9.17) is 21.7 Å². The number of carbonyl (C=O) groups is 1. The molecule has 21 heavy (non-hydrogen) atoms. The second-order valence-corrected chi connectivity index (χ2v) is 5.13. The number of nitrogens with one attached hydrogen (secondary N) is 1. The van der Waals surface area contributed by atoms with Crippen LogP contribution in [0.1, 0.15) is 28.0 Å². The van der Waals surface area contributed by atoms with Crippen LogP contribution in [-0.2, 0) is 11.2 Å². The van der Waals surface area contributed by atoms with Crippen molar-refractivity contribution in [1.29, 1.82) is 5.41 Å². The van der Waals surface area contributed by atoms with Crippen molar-refractivity contribution < 1.29 is 9.53 Å². The molecule has 0 spiro atoms. The highest BCUT2D eigenvalue weighted by atomic mass is 35.5. The number of aliphatic imine (C=N–C) groups is 1. The van der Waals surface area contributed by atoms with Gasteiger partial charge in [-0.05, 0) is 31.4 Å². The Morgan fingerprint density at radius 1 is 1.62 bits per heavy atom. The SMILES string of the molecule is CO/C(=C/C=N)N=CC1CCc2nc(Cl)cc(C)c2C1=O. The average molecular weight is 306 g/mol. The molecule has 0 aromatic carbocycles. The Hall–Kier alpha value is -2.01. The molecule has 0 saturated heterocycles. The number of halogens is 1. The van der Waals surface area contributed by atoms with Crippen LogP contribution in [0.15, 0.2) is 23.0 Å². The summed E-state index contributed by atoms with van der Waals surface area (Å²) in [4.78, 5) is 20.9. The number of rotatable bonds is 4. The highest BCUT2D eigenvalue weighted by Gasteiger charge is 2.29. The zero-order valence-corrected chi connectivity index (χ0v) is 12.6. The van der Waals surface area contributed by atoms with E-state index in [0.717, 1.165) is 17.5 Å². The zero-order valence-electron chi connectivity index (χ0n) is 11.9. The summed E-state index contributed by atoms with van der Waals surface area (Å²) in [6.45, 7) is 1.86. The monoisotopic (exact) mass is 305 g/mol. The summed E-state index contributed by atoms with van der Waals surface area (Å²) >= 11 is 5.93. The lowest BCUT2D eigenvalue weighted by atomic mass is 9.84. The van der Waals surface area contributed by atoms with E-state index in [9.17, 15) is 4.79 Å². The largest absolute Gasteiger partial charge is 0.481 e. The van der Waals surface area contributed by atoms with E-state index < -0.39 is 0 Å². The predicted molar refractivity (Wildman–Crippen MR) is 82.5 cm³/mol. The van der Waals surface area contributed by atoms with Gasteiger partial charge in [-0.1, -0.05) is 11.6 Å². The number of nitrogens with zero attached hydrogens (tertiary/aromatic N) is 2. The van der Waals surface area contributed by atoms with E-state index in [2.05, 4.69) is 9.98 Å². The van der Waals surface area contributed by atoms with Crippen LogP contribution in [0, 0.1) is 18.3 Å². The highest BCUT2D eigenvalue weighted by molar-refractivity contribution is 6.29. The second-order valence-electron chi connectivity index (χ2n) is 4.75. The number of aryl methyl sites for hydroxylation is 2. The highest BCUT2D eigenvalue weighted by Crippen LogP contribution is 2.28. The molecule has 0 amide bonds. The Morgan fingerprint density at radius 3 is 3.05 bits per heavy atom. The first-order valence-electron chi connectivity index (χ1n) is 6.56. The molecule has 0 radical (unpaired) electrons. The fourth-order valence-corrected chi connectivity index (χ4v) is 2.63. The van der Waals surface area contributed by atoms with Gasteiger partial charge in [-0.2, -0.15) is 0 Å². The van der Waals surface area contributed by atoms with Crippen LogP contribution in [0.4, 0.5) is 0 Å². The van der Waals surface area contributed by atoms with Crippen molar-refractivity contribution in [2.24, 2.45) is 10.9 Å². The summed E-state index contributed by atoms with van der Waals surface area (Å²) in [5.41, 5.74) is 2.25. The minimum absolute atomic E-state index is 0.00646. The molecular formula is C15H16ClN3O2. The lowest BCUT2D eigenvalue weighted by Crippen LogP contribution is -2.25. The van der Waals surface area contributed by atoms with Crippen LogP contribution >= 0.6 is 11.6 Å². The molecule has 1 heterocycles. The predicted octanol–water partition coefficient (Wildman–Crippen LogP) is 3.00. The Morgan fingerprint density at radius 2 is 2.38 bits per heavy atom. The van der Waals surface area contributed by atoms with Gasteiger partial charge in [0.25, 0.3) is 0 Å². The lowest BCUT2D eigenvalue weighted by molar-refractivity contribution is 0.0941. The van der Waals surface area contributed by atoms with Gasteiger partial charge < -0.3 is 10.1 Å². The Balaban J connectivity index is 2.27. The number of allylic oxidation sites excluding steroid dienone is 1. The molecule has 1 unspecified atom stereocenters. The van der Waals surface area contributed by atoms with Gasteiger partial charge in [0.2, 0.25) is 5.88 Å². The maximum Gasteiger partial charge on any atom is 0.214 e. The number of methoxy groups -OCH3 is 1. The molecule has 0 fully saturated rings. The van der Waals surface area contributed by atoms with E-state index in [1.165, 1.54) is 13.2 Å². The summed E-state index contributed by atoms with van der Waals surface area (Å²) in [6, 6.07) is 1.70. The van der Waals surface area contributed by atoms with E-state index in [1.807, 2.05) is 6.92 Å². The average Bonchev–Trinajstić information content (AvgIpc) is 2.44. The molecule has 1 aliphatic carbocycles. The zero-order chi connectivity index (χ0) is 15.4. The topological polar surface area (TPSA) is 75.4 Å². The van der Waals surface area contributed by atoms with Crippen molar-refractivity contribution in [1.82, 2.24) is 4.98 Å². The molecule has 5 nitrogen and oxygen atoms in total. The van der Waals surface area contributed by atoms with Crippen LogP contribution < -0.4 is 0 Å². The van der Waals surface area contributed by atoms with Crippen molar-refractivity contribution in [2.75, 3.05) is 7.11 Å². The van der Waals surface area contributed by atoms with Gasteiger partial charge in [0.15, 0.2) is 5.78 Å². The number of hydrogen-bond donors (Lipinski definition) is 1. The molecule has 0 bridgehead atoms. The number of fused-ring (bicyclic) bond motifs is 1. The van der Waals surface area contributed by atoms with Crippen LogP contribution in [0.25, 0.3) is 0 Å². The van der Waals surface area contributed by atoms with Crippen LogP contribution in [0.3, 0.4) is 0 Å². The van der Waals surface area contributed by atoms with E-state index in [-0.39, 0.29) is 11.7 Å². The molecule has 2 rings (SSSR count). The number of ketones is 1. The first-order valence-corrected chi connectivity index (χ1v) is 6.93. The summed E-state index contributed by atoms with van der Waals surface area (Å²) < 4.78 is 5.00. The number of ether oxygens (including phenoxy) is 1. The minimum Gasteiger partial charge on any atom is -0.481 e. The van der Waals surface area contributed by atoms with Gasteiger partial charge in [-0.15, -0.1) is 0 Å². The number of carbonyl (C=O) groups excluding carboxylic acids is 1. The summed E-state index contributed by atoms with van der Waals surface area (Å²) in [5.74, 6) is 0.00461. The minimum atomic E-state index is -0.302. The molecular weight excluding hydrogens is 290 g/mol. The summed E-state index contributed by atoms with van der Waals surface area (Å²) in [7, 11) is 1.47. The van der Waals surface area contributed by atoms with E-state index in [0.29, 0.717) is 29.4 Å². The smallest absolute Gasteiger partial charge is 0.214 e. The van der Waals surface area contributed by atoms with Gasteiger partial charge in [0.1, 0.15) is 5.15 Å². The third kappa shape index (κ3) is 3.36. The molecule has 1 aromatic heterocycles. The molecule has 0 aliphatic heterocycles. The first kappa shape index (κ1) is 15.4. The molecule has 1 N–H and O–H groups in total. The summed E-state index contributed by atoms with van der Waals surface area (Å²) in [5, 5.41) is 7.42. The van der Waals surface area contributed by atoms with Gasteiger partial charge in [-0.3, -0.25) is 4.79 Å². The van der Waals surface area contributed by atoms with E-state index in [1.54, 1.807) is 12.3 Å². The Bertz CT molecular complexity index is 638. The standard InChI is InChI=1S/C15H16ClN3O2/c1-9-7-12(16)19-11-4-3-10(15(20)14(9)11)8-18-13(21-2)5-6-17/h5-8,10,17H,3-4H2,1-2H3/b13-5+,17-6?,18-8?. The van der Waals surface area contributed by atoms with Crippen molar-refractivity contribution in [3.8, 4) is 0 Å². The van der Waals surface area contributed by atoms with Crippen molar-refractivity contribution >= 4 is 29.8 Å².